The van der Waals surface area contributed by atoms with E-state index in [1.54, 1.807) is 0 Å². The minimum Gasteiger partial charge on any atom is -0.315 e. The highest BCUT2D eigenvalue weighted by molar-refractivity contribution is 5.19. The monoisotopic (exact) mass is 252 g/mol. The first-order valence-electron chi connectivity index (χ1n) is 6.63. The molecule has 1 N–H and O–H groups in total. The molecule has 2 saturated heterocycles. The van der Waals surface area contributed by atoms with Crippen LogP contribution in [0.15, 0.2) is 18.2 Å². The van der Waals surface area contributed by atoms with Crippen LogP contribution in [0.4, 0.5) is 8.78 Å². The molecule has 0 radical (unpaired) electrons. The van der Waals surface area contributed by atoms with E-state index in [1.165, 1.54) is 24.6 Å². The molecular weight excluding hydrogens is 234 g/mol. The zero-order valence-electron chi connectivity index (χ0n) is 10.3. The summed E-state index contributed by atoms with van der Waals surface area (Å²) in [7, 11) is 0. The summed E-state index contributed by atoms with van der Waals surface area (Å²) < 4.78 is 26.8. The molecule has 18 heavy (non-hydrogen) atoms. The largest absolute Gasteiger partial charge is 0.315 e. The van der Waals surface area contributed by atoms with Gasteiger partial charge in [-0.25, -0.2) is 8.78 Å². The molecule has 2 unspecified atom stereocenters. The maximum Gasteiger partial charge on any atom is 0.127 e. The van der Waals surface area contributed by atoms with Crippen LogP contribution in [-0.4, -0.2) is 30.6 Å². The van der Waals surface area contributed by atoms with Crippen LogP contribution in [0.5, 0.6) is 0 Å². The van der Waals surface area contributed by atoms with Crippen LogP contribution < -0.4 is 5.32 Å². The standard InChI is InChI=1S/C14H18F2N2/c15-12-3-4-13(16)11(6-12)9-18-5-1-2-10-7-17-8-14(10)18/h3-4,6,10,14,17H,1-2,5,7-9H2. The lowest BCUT2D eigenvalue weighted by Gasteiger charge is -2.37. The third kappa shape index (κ3) is 2.27. The summed E-state index contributed by atoms with van der Waals surface area (Å²) in [5.74, 6) is 0.0179. The maximum atomic E-state index is 13.7. The summed E-state index contributed by atoms with van der Waals surface area (Å²) in [6, 6.07) is 4.20. The van der Waals surface area contributed by atoms with Gasteiger partial charge >= 0.3 is 0 Å². The summed E-state index contributed by atoms with van der Waals surface area (Å²) in [6.07, 6.45) is 2.40. The molecule has 2 aliphatic heterocycles. The lowest BCUT2D eigenvalue weighted by atomic mass is 9.91. The molecule has 2 aliphatic rings. The topological polar surface area (TPSA) is 15.3 Å². The zero-order chi connectivity index (χ0) is 12.5. The summed E-state index contributed by atoms with van der Waals surface area (Å²) in [5, 5.41) is 3.40. The molecule has 2 nitrogen and oxygen atoms in total. The van der Waals surface area contributed by atoms with Crippen molar-refractivity contribution < 1.29 is 8.78 Å². The van der Waals surface area contributed by atoms with E-state index >= 15 is 0 Å². The van der Waals surface area contributed by atoms with Gasteiger partial charge in [0.25, 0.3) is 0 Å². The first-order valence-corrected chi connectivity index (χ1v) is 6.63. The SMILES string of the molecule is Fc1ccc(F)c(CN2CCCC3CNCC32)c1. The van der Waals surface area contributed by atoms with E-state index in [0.717, 1.165) is 26.1 Å². The van der Waals surface area contributed by atoms with Gasteiger partial charge in [0.05, 0.1) is 0 Å². The van der Waals surface area contributed by atoms with E-state index < -0.39 is 0 Å². The molecule has 0 aliphatic carbocycles. The van der Waals surface area contributed by atoms with Crippen molar-refractivity contribution in [3.8, 4) is 0 Å². The Bertz CT molecular complexity index is 436. The predicted octanol–water partition coefficient (Wildman–Crippen LogP) is 2.15. The second kappa shape index (κ2) is 4.94. The second-order valence-electron chi connectivity index (χ2n) is 5.33. The van der Waals surface area contributed by atoms with Gasteiger partial charge < -0.3 is 5.32 Å². The van der Waals surface area contributed by atoms with Crippen LogP contribution in [0, 0.1) is 17.6 Å². The van der Waals surface area contributed by atoms with Gasteiger partial charge in [-0.2, -0.15) is 0 Å². The summed E-state index contributed by atoms with van der Waals surface area (Å²) in [4.78, 5) is 2.30. The van der Waals surface area contributed by atoms with Crippen LogP contribution in [-0.2, 0) is 6.54 Å². The Morgan fingerprint density at radius 2 is 2.17 bits per heavy atom. The van der Waals surface area contributed by atoms with E-state index in [0.29, 0.717) is 24.1 Å². The van der Waals surface area contributed by atoms with Crippen LogP contribution in [0.2, 0.25) is 0 Å². The smallest absolute Gasteiger partial charge is 0.127 e. The third-order valence-electron chi connectivity index (χ3n) is 4.17. The number of halogens is 2. The molecule has 2 fully saturated rings. The van der Waals surface area contributed by atoms with E-state index in [-0.39, 0.29) is 11.6 Å². The van der Waals surface area contributed by atoms with Gasteiger partial charge in [-0.3, -0.25) is 4.90 Å². The molecule has 2 atom stereocenters. The van der Waals surface area contributed by atoms with Gasteiger partial charge in [0.2, 0.25) is 0 Å². The molecule has 4 heteroatoms. The number of piperidine rings is 1. The van der Waals surface area contributed by atoms with Gasteiger partial charge in [0, 0.05) is 24.7 Å². The molecule has 0 bridgehead atoms. The molecule has 98 valence electrons. The van der Waals surface area contributed by atoms with Gasteiger partial charge in [-0.05, 0) is 50.0 Å². The van der Waals surface area contributed by atoms with Gasteiger partial charge in [0.1, 0.15) is 11.6 Å². The minimum absolute atomic E-state index is 0.301. The molecular formula is C14H18F2N2. The highest BCUT2D eigenvalue weighted by Gasteiger charge is 2.34. The zero-order valence-corrected chi connectivity index (χ0v) is 10.3. The number of nitrogens with one attached hydrogen (secondary N) is 1. The number of hydrogen-bond donors (Lipinski definition) is 1. The number of benzene rings is 1. The molecule has 1 aromatic carbocycles. The number of likely N-dealkylation sites (tertiary alicyclic amines) is 1. The second-order valence-corrected chi connectivity index (χ2v) is 5.33. The normalized spacial score (nSPS) is 28.3. The highest BCUT2D eigenvalue weighted by atomic mass is 19.1. The van der Waals surface area contributed by atoms with Crippen molar-refractivity contribution in [3.05, 3.63) is 35.4 Å². The van der Waals surface area contributed by atoms with Crippen molar-refractivity contribution in [1.29, 1.82) is 0 Å². The first kappa shape index (κ1) is 12.1. The van der Waals surface area contributed by atoms with E-state index in [9.17, 15) is 8.78 Å². The molecule has 1 aromatic rings. The van der Waals surface area contributed by atoms with E-state index in [1.807, 2.05) is 0 Å². The van der Waals surface area contributed by atoms with Crippen molar-refractivity contribution in [2.75, 3.05) is 19.6 Å². The molecule has 2 heterocycles. The third-order valence-corrected chi connectivity index (χ3v) is 4.17. The van der Waals surface area contributed by atoms with Crippen LogP contribution >= 0.6 is 0 Å². The average molecular weight is 252 g/mol. The lowest BCUT2D eigenvalue weighted by Crippen LogP contribution is -2.44. The Kier molecular flexibility index (Phi) is 3.31. The van der Waals surface area contributed by atoms with Crippen LogP contribution in [0.1, 0.15) is 18.4 Å². The number of hydrogen-bond acceptors (Lipinski definition) is 2. The number of nitrogens with zero attached hydrogens (tertiary/aromatic N) is 1. The lowest BCUT2D eigenvalue weighted by molar-refractivity contribution is 0.116. The van der Waals surface area contributed by atoms with E-state index in [2.05, 4.69) is 10.2 Å². The van der Waals surface area contributed by atoms with Gasteiger partial charge in [-0.15, -0.1) is 0 Å². The molecule has 0 spiro atoms. The average Bonchev–Trinajstić information content (AvgIpc) is 2.83. The fraction of sp³-hybridized carbons (Fsp3) is 0.571. The Labute approximate surface area is 106 Å². The van der Waals surface area contributed by atoms with Crippen molar-refractivity contribution in [1.82, 2.24) is 10.2 Å². The predicted molar refractivity (Wildman–Crippen MR) is 66.1 cm³/mol. The molecule has 0 amide bonds. The van der Waals surface area contributed by atoms with Crippen molar-refractivity contribution >= 4 is 0 Å². The Balaban J connectivity index is 1.77. The van der Waals surface area contributed by atoms with Gasteiger partial charge in [-0.1, -0.05) is 0 Å². The highest BCUT2D eigenvalue weighted by Crippen LogP contribution is 2.28. The summed E-state index contributed by atoms with van der Waals surface area (Å²) >= 11 is 0. The van der Waals surface area contributed by atoms with E-state index in [4.69, 9.17) is 0 Å². The number of fused-ring (bicyclic) bond motifs is 1. The first-order chi connectivity index (χ1) is 8.74. The molecule has 0 saturated carbocycles. The quantitative estimate of drug-likeness (QED) is 0.867. The van der Waals surface area contributed by atoms with Crippen molar-refractivity contribution in [2.24, 2.45) is 5.92 Å². The van der Waals surface area contributed by atoms with Crippen LogP contribution in [0.3, 0.4) is 0 Å². The molecule has 0 aromatic heterocycles. The van der Waals surface area contributed by atoms with Crippen LogP contribution in [0.25, 0.3) is 0 Å². The van der Waals surface area contributed by atoms with Crippen molar-refractivity contribution in [2.45, 2.75) is 25.4 Å². The fourth-order valence-corrected chi connectivity index (χ4v) is 3.24. The minimum atomic E-state index is -0.357. The number of rotatable bonds is 2. The van der Waals surface area contributed by atoms with Crippen molar-refractivity contribution in [3.63, 3.8) is 0 Å². The summed E-state index contributed by atoms with van der Waals surface area (Å²) in [6.45, 7) is 3.54. The summed E-state index contributed by atoms with van der Waals surface area (Å²) in [5.41, 5.74) is 0.475. The molecule has 3 rings (SSSR count). The maximum absolute atomic E-state index is 13.7. The Hall–Kier alpha value is -1.00. The Morgan fingerprint density at radius 3 is 3.06 bits per heavy atom. The van der Waals surface area contributed by atoms with Gasteiger partial charge in [0.15, 0.2) is 0 Å². The fourth-order valence-electron chi connectivity index (χ4n) is 3.24. The Morgan fingerprint density at radius 1 is 1.28 bits per heavy atom.